The first-order valence-electron chi connectivity index (χ1n) is 3.14. The Kier molecular flexibility index (Phi) is 1.91. The summed E-state index contributed by atoms with van der Waals surface area (Å²) in [5.74, 6) is 1.34. The Morgan fingerprint density at radius 2 is 2.50 bits per heavy atom. The topological polar surface area (TPSA) is 64.1 Å². The van der Waals surface area contributed by atoms with E-state index in [-0.39, 0.29) is 6.61 Å². The van der Waals surface area contributed by atoms with Gasteiger partial charge in [0.15, 0.2) is 0 Å². The molecular formula is C6H11N3O. The predicted octanol–water partition coefficient (Wildman–Crippen LogP) is -0.234. The number of nitrogen functional groups attached to an aromatic ring is 1. The minimum atomic E-state index is 0.122. The van der Waals surface area contributed by atoms with E-state index >= 15 is 0 Å². The Morgan fingerprint density at radius 3 is 2.90 bits per heavy atom. The van der Waals surface area contributed by atoms with Crippen LogP contribution < -0.4 is 5.73 Å². The molecule has 0 aliphatic carbocycles. The second-order valence-electron chi connectivity index (χ2n) is 2.13. The van der Waals surface area contributed by atoms with Crippen molar-refractivity contribution in [3.05, 3.63) is 12.0 Å². The van der Waals surface area contributed by atoms with Crippen LogP contribution in [0.1, 0.15) is 5.82 Å². The maximum Gasteiger partial charge on any atom is 0.141 e. The van der Waals surface area contributed by atoms with Crippen LogP contribution in [0.25, 0.3) is 0 Å². The molecule has 0 aromatic carbocycles. The second-order valence-corrected chi connectivity index (χ2v) is 2.13. The lowest BCUT2D eigenvalue weighted by Crippen LogP contribution is -2.02. The lowest BCUT2D eigenvalue weighted by Gasteiger charge is -1.98. The van der Waals surface area contributed by atoms with Crippen LogP contribution in [0.2, 0.25) is 0 Å². The van der Waals surface area contributed by atoms with Crippen molar-refractivity contribution in [3.8, 4) is 0 Å². The summed E-state index contributed by atoms with van der Waals surface area (Å²) in [7, 11) is 0. The molecule has 4 heteroatoms. The van der Waals surface area contributed by atoms with Crippen LogP contribution in [0.5, 0.6) is 0 Å². The quantitative estimate of drug-likeness (QED) is 0.597. The highest BCUT2D eigenvalue weighted by molar-refractivity contribution is 5.25. The number of aromatic nitrogens is 2. The number of aliphatic hydroxyl groups excluding tert-OH is 1. The third-order valence-electron chi connectivity index (χ3n) is 1.34. The third-order valence-corrected chi connectivity index (χ3v) is 1.34. The molecule has 4 nitrogen and oxygen atoms in total. The standard InChI is InChI=1S/C6H11N3O/c1-5-8-6(7)4-9(5)2-3-10/h4,10H,2-3,7H2,1H3. The molecule has 1 rings (SSSR count). The number of imidazole rings is 1. The number of aryl methyl sites for hydroxylation is 1. The number of rotatable bonds is 2. The molecule has 1 aromatic heterocycles. The Morgan fingerprint density at radius 1 is 1.80 bits per heavy atom. The molecule has 3 N–H and O–H groups in total. The van der Waals surface area contributed by atoms with Gasteiger partial charge in [-0.3, -0.25) is 0 Å². The van der Waals surface area contributed by atoms with Crippen molar-refractivity contribution >= 4 is 5.82 Å². The van der Waals surface area contributed by atoms with Gasteiger partial charge in [0, 0.05) is 12.7 Å². The van der Waals surface area contributed by atoms with Gasteiger partial charge in [-0.15, -0.1) is 0 Å². The highest BCUT2D eigenvalue weighted by Crippen LogP contribution is 2.01. The number of nitrogens with two attached hydrogens (primary N) is 1. The highest BCUT2D eigenvalue weighted by Gasteiger charge is 1.97. The molecule has 10 heavy (non-hydrogen) atoms. The van der Waals surface area contributed by atoms with Crippen molar-refractivity contribution in [3.63, 3.8) is 0 Å². The van der Waals surface area contributed by atoms with E-state index in [1.54, 1.807) is 6.20 Å². The van der Waals surface area contributed by atoms with E-state index in [1.807, 2.05) is 11.5 Å². The van der Waals surface area contributed by atoms with Crippen molar-refractivity contribution in [2.24, 2.45) is 0 Å². The largest absolute Gasteiger partial charge is 0.395 e. The SMILES string of the molecule is Cc1nc(N)cn1CCO. The monoisotopic (exact) mass is 141 g/mol. The summed E-state index contributed by atoms with van der Waals surface area (Å²) in [4.78, 5) is 3.96. The fraction of sp³-hybridized carbons (Fsp3) is 0.500. The summed E-state index contributed by atoms with van der Waals surface area (Å²) < 4.78 is 1.81. The van der Waals surface area contributed by atoms with Gasteiger partial charge < -0.3 is 15.4 Å². The molecule has 0 saturated heterocycles. The molecule has 0 unspecified atom stereocenters. The zero-order chi connectivity index (χ0) is 7.56. The van der Waals surface area contributed by atoms with Crippen molar-refractivity contribution < 1.29 is 5.11 Å². The maximum atomic E-state index is 8.56. The summed E-state index contributed by atoms with van der Waals surface area (Å²) in [5.41, 5.74) is 5.40. The van der Waals surface area contributed by atoms with Crippen molar-refractivity contribution in [2.75, 3.05) is 12.3 Å². The number of nitrogens with zero attached hydrogens (tertiary/aromatic N) is 2. The summed E-state index contributed by atoms with van der Waals surface area (Å²) in [6, 6.07) is 0. The van der Waals surface area contributed by atoms with Crippen molar-refractivity contribution in [1.29, 1.82) is 0 Å². The molecule has 0 radical (unpaired) electrons. The lowest BCUT2D eigenvalue weighted by molar-refractivity contribution is 0.275. The summed E-state index contributed by atoms with van der Waals surface area (Å²) in [6.45, 7) is 2.54. The Labute approximate surface area is 59.3 Å². The van der Waals surface area contributed by atoms with Gasteiger partial charge >= 0.3 is 0 Å². The van der Waals surface area contributed by atoms with Gasteiger partial charge in [0.1, 0.15) is 11.6 Å². The molecule has 56 valence electrons. The van der Waals surface area contributed by atoms with Crippen LogP contribution in [-0.2, 0) is 6.54 Å². The van der Waals surface area contributed by atoms with Crippen molar-refractivity contribution in [1.82, 2.24) is 9.55 Å². The van der Waals surface area contributed by atoms with Crippen LogP contribution in [0.3, 0.4) is 0 Å². The van der Waals surface area contributed by atoms with Crippen molar-refractivity contribution in [2.45, 2.75) is 13.5 Å². The summed E-state index contributed by atoms with van der Waals surface area (Å²) in [5, 5.41) is 8.56. The first kappa shape index (κ1) is 7.08. The minimum absolute atomic E-state index is 0.122. The van der Waals surface area contributed by atoms with E-state index < -0.39 is 0 Å². The van der Waals surface area contributed by atoms with E-state index in [4.69, 9.17) is 10.8 Å². The number of aliphatic hydroxyl groups is 1. The zero-order valence-electron chi connectivity index (χ0n) is 5.91. The molecule has 0 atom stereocenters. The normalized spacial score (nSPS) is 10.2. The smallest absolute Gasteiger partial charge is 0.141 e. The molecule has 0 aliphatic rings. The van der Waals surface area contributed by atoms with Gasteiger partial charge in [0.2, 0.25) is 0 Å². The van der Waals surface area contributed by atoms with E-state index in [1.165, 1.54) is 0 Å². The molecule has 0 fully saturated rings. The van der Waals surface area contributed by atoms with Crippen LogP contribution in [0.15, 0.2) is 6.20 Å². The number of hydrogen-bond acceptors (Lipinski definition) is 3. The predicted molar refractivity (Wildman–Crippen MR) is 38.5 cm³/mol. The molecule has 1 heterocycles. The summed E-state index contributed by atoms with van der Waals surface area (Å²) in [6.07, 6.45) is 1.71. The van der Waals surface area contributed by atoms with Crippen LogP contribution >= 0.6 is 0 Å². The van der Waals surface area contributed by atoms with Gasteiger partial charge in [-0.25, -0.2) is 4.98 Å². The maximum absolute atomic E-state index is 8.56. The van der Waals surface area contributed by atoms with Gasteiger partial charge in [0.25, 0.3) is 0 Å². The fourth-order valence-corrected chi connectivity index (χ4v) is 0.867. The van der Waals surface area contributed by atoms with Gasteiger partial charge in [-0.2, -0.15) is 0 Å². The molecule has 0 aliphatic heterocycles. The van der Waals surface area contributed by atoms with Gasteiger partial charge in [0.05, 0.1) is 6.61 Å². The molecular weight excluding hydrogens is 130 g/mol. The average molecular weight is 141 g/mol. The fourth-order valence-electron chi connectivity index (χ4n) is 0.867. The van der Waals surface area contributed by atoms with Gasteiger partial charge in [-0.05, 0) is 6.92 Å². The first-order chi connectivity index (χ1) is 4.74. The average Bonchev–Trinajstić information content (AvgIpc) is 2.13. The molecule has 0 spiro atoms. The van der Waals surface area contributed by atoms with Crippen LogP contribution in [-0.4, -0.2) is 21.3 Å². The summed E-state index contributed by atoms with van der Waals surface area (Å²) >= 11 is 0. The van der Waals surface area contributed by atoms with Crippen LogP contribution in [0.4, 0.5) is 5.82 Å². The lowest BCUT2D eigenvalue weighted by atomic mass is 10.6. The van der Waals surface area contributed by atoms with E-state index in [9.17, 15) is 0 Å². The molecule has 0 bridgehead atoms. The molecule has 0 amide bonds. The van der Waals surface area contributed by atoms with E-state index in [0.29, 0.717) is 12.4 Å². The Hall–Kier alpha value is -1.03. The molecule has 1 aromatic rings. The number of anilines is 1. The van der Waals surface area contributed by atoms with Crippen LogP contribution in [0, 0.1) is 6.92 Å². The third kappa shape index (κ3) is 1.27. The Bertz CT molecular complexity index is 219. The number of hydrogen-bond donors (Lipinski definition) is 2. The van der Waals surface area contributed by atoms with E-state index in [0.717, 1.165) is 5.82 Å². The molecule has 0 saturated carbocycles. The Balaban J connectivity index is 2.81. The van der Waals surface area contributed by atoms with E-state index in [2.05, 4.69) is 4.98 Å². The second kappa shape index (κ2) is 2.70. The first-order valence-corrected chi connectivity index (χ1v) is 3.14. The van der Waals surface area contributed by atoms with Gasteiger partial charge in [-0.1, -0.05) is 0 Å². The minimum Gasteiger partial charge on any atom is -0.395 e. The zero-order valence-corrected chi connectivity index (χ0v) is 5.91. The highest BCUT2D eigenvalue weighted by atomic mass is 16.3.